The first kappa shape index (κ1) is 33.3. The first-order chi connectivity index (χ1) is 20.8. The monoisotopic (exact) mass is 597 g/mol. The van der Waals surface area contributed by atoms with E-state index in [1.54, 1.807) is 23.0 Å². The largest absolute Gasteiger partial charge is 0.481 e. The number of piperazine rings is 1. The number of carboxylic acid groups (broad SMARTS) is 1. The lowest BCUT2D eigenvalue weighted by molar-refractivity contribution is -0.138. The molecule has 1 aromatic carbocycles. The molecular weight excluding hydrogens is 554 g/mol. The molecule has 1 saturated heterocycles. The predicted molar refractivity (Wildman–Crippen MR) is 162 cm³/mol. The van der Waals surface area contributed by atoms with Crippen LogP contribution in [0.3, 0.4) is 0 Å². The maximum Gasteiger partial charge on any atom is 0.409 e. The second-order valence-corrected chi connectivity index (χ2v) is 10.4. The van der Waals surface area contributed by atoms with E-state index in [1.807, 2.05) is 36.4 Å². The highest BCUT2D eigenvalue weighted by Gasteiger charge is 2.31. The third-order valence-corrected chi connectivity index (χ3v) is 7.09. The number of carbonyl (C=O) groups excluding carboxylic acids is 3. The van der Waals surface area contributed by atoms with Crippen molar-refractivity contribution in [3.05, 3.63) is 48.2 Å². The highest BCUT2D eigenvalue weighted by Crippen LogP contribution is 2.22. The third-order valence-electron chi connectivity index (χ3n) is 7.09. The van der Waals surface area contributed by atoms with Gasteiger partial charge in [-0.25, -0.2) is 9.78 Å². The Labute approximate surface area is 252 Å². The second kappa shape index (κ2) is 17.7. The molecule has 1 aromatic heterocycles. The molecule has 1 fully saturated rings. The van der Waals surface area contributed by atoms with E-state index in [-0.39, 0.29) is 44.7 Å². The van der Waals surface area contributed by atoms with Gasteiger partial charge >= 0.3 is 12.1 Å². The molecule has 0 spiro atoms. The first-order valence-corrected chi connectivity index (χ1v) is 14.9. The summed E-state index contributed by atoms with van der Waals surface area (Å²) in [6, 6.07) is 11.7. The molecule has 1 atom stereocenters. The van der Waals surface area contributed by atoms with Crippen molar-refractivity contribution >= 4 is 29.6 Å². The molecule has 3 rings (SSSR count). The number of anilines is 1. The molecule has 2 heterocycles. The van der Waals surface area contributed by atoms with Crippen LogP contribution in [-0.2, 0) is 19.1 Å². The number of hydrogen-bond acceptors (Lipinski definition) is 8. The van der Waals surface area contributed by atoms with Crippen LogP contribution in [0.4, 0.5) is 10.5 Å². The molecule has 0 unspecified atom stereocenters. The van der Waals surface area contributed by atoms with Gasteiger partial charge in [-0.05, 0) is 25.0 Å². The number of aliphatic carboxylic acids is 1. The van der Waals surface area contributed by atoms with Crippen molar-refractivity contribution in [3.8, 4) is 11.3 Å². The second-order valence-electron chi connectivity index (χ2n) is 10.4. The summed E-state index contributed by atoms with van der Waals surface area (Å²) in [6.07, 6.45) is 3.22. The van der Waals surface area contributed by atoms with Crippen molar-refractivity contribution in [1.82, 2.24) is 20.1 Å². The van der Waals surface area contributed by atoms with Crippen molar-refractivity contribution in [2.75, 3.05) is 58.4 Å². The number of unbranched alkanes of at least 4 members (excludes halogenated alkanes) is 3. The van der Waals surface area contributed by atoms with Crippen molar-refractivity contribution in [1.29, 1.82) is 0 Å². The molecule has 43 heavy (non-hydrogen) atoms. The molecule has 2 aromatic rings. The van der Waals surface area contributed by atoms with Gasteiger partial charge in [-0.2, -0.15) is 0 Å². The van der Waals surface area contributed by atoms with Crippen LogP contribution in [0.25, 0.3) is 11.3 Å². The molecule has 1 aliphatic rings. The van der Waals surface area contributed by atoms with Crippen LogP contribution < -0.4 is 10.6 Å². The average molecular weight is 598 g/mol. The van der Waals surface area contributed by atoms with E-state index in [4.69, 9.17) is 9.47 Å². The van der Waals surface area contributed by atoms with E-state index in [0.29, 0.717) is 31.1 Å². The van der Waals surface area contributed by atoms with Crippen molar-refractivity contribution in [2.45, 2.75) is 51.5 Å². The zero-order chi connectivity index (χ0) is 31.0. The van der Waals surface area contributed by atoms with Gasteiger partial charge in [-0.15, -0.1) is 0 Å². The summed E-state index contributed by atoms with van der Waals surface area (Å²) in [5.74, 6) is -2.08. The minimum Gasteiger partial charge on any atom is -0.481 e. The van der Waals surface area contributed by atoms with Gasteiger partial charge in [0.2, 0.25) is 5.91 Å². The van der Waals surface area contributed by atoms with E-state index in [2.05, 4.69) is 22.5 Å². The maximum absolute atomic E-state index is 13.5. The van der Waals surface area contributed by atoms with Gasteiger partial charge in [0.25, 0.3) is 5.91 Å². The van der Waals surface area contributed by atoms with Gasteiger partial charge in [-0.1, -0.05) is 56.5 Å². The summed E-state index contributed by atoms with van der Waals surface area (Å²) in [5.41, 5.74) is 2.11. The third kappa shape index (κ3) is 10.9. The van der Waals surface area contributed by atoms with E-state index in [0.717, 1.165) is 31.2 Å². The molecule has 3 amide bonds. The molecule has 12 heteroatoms. The Hall–Kier alpha value is -4.19. The van der Waals surface area contributed by atoms with E-state index in [1.165, 1.54) is 0 Å². The molecule has 0 bridgehead atoms. The minimum absolute atomic E-state index is 0.0842. The van der Waals surface area contributed by atoms with Crippen LogP contribution in [0.2, 0.25) is 0 Å². The summed E-state index contributed by atoms with van der Waals surface area (Å²) in [6.45, 7) is 4.52. The highest BCUT2D eigenvalue weighted by atomic mass is 16.6. The number of benzene rings is 1. The molecule has 234 valence electrons. The number of methoxy groups -OCH3 is 1. The van der Waals surface area contributed by atoms with Crippen LogP contribution in [0.15, 0.2) is 42.5 Å². The van der Waals surface area contributed by atoms with Gasteiger partial charge in [0.15, 0.2) is 0 Å². The fourth-order valence-corrected chi connectivity index (χ4v) is 4.67. The van der Waals surface area contributed by atoms with Crippen LogP contribution in [-0.4, -0.2) is 103 Å². The van der Waals surface area contributed by atoms with Crippen LogP contribution in [0, 0.1) is 0 Å². The molecular formula is C31H43N5O7. The average Bonchev–Trinajstić information content (AvgIpc) is 3.02. The number of aromatic nitrogens is 1. The number of nitrogens with zero attached hydrogens (tertiary/aromatic N) is 3. The van der Waals surface area contributed by atoms with Gasteiger partial charge in [0, 0.05) is 57.5 Å². The number of nitrogens with one attached hydrogen (secondary N) is 2. The number of hydrogen-bond donors (Lipinski definition) is 3. The normalized spacial score (nSPS) is 13.7. The van der Waals surface area contributed by atoms with E-state index >= 15 is 0 Å². The Morgan fingerprint density at radius 1 is 0.977 bits per heavy atom. The van der Waals surface area contributed by atoms with Crippen LogP contribution in [0.1, 0.15) is 55.9 Å². The number of pyridine rings is 1. The standard InChI is InChI=1S/C31H43N5O7/c1-3-4-5-9-19-43-31(41)36-17-15-35(16-18-36)30(40)25(12-13-28(37)38)34-29(39)27-22-24(32-14-20-42-2)21-26(33-27)23-10-7-6-8-11-23/h6-8,10-11,21-22,25H,3-5,9,12-20H2,1-2H3,(H,32,33)(H,34,39)(H,37,38)/t25-/m0/s1. The zero-order valence-corrected chi connectivity index (χ0v) is 25.0. The van der Waals surface area contributed by atoms with Gasteiger partial charge in [0.05, 0.1) is 18.9 Å². The minimum atomic E-state index is -1.08. The number of carbonyl (C=O) groups is 4. The SMILES string of the molecule is CCCCCCOC(=O)N1CCN(C(=O)[C@H](CCC(=O)O)NC(=O)c2cc(NCCOC)cc(-c3ccccc3)n2)CC1. The number of carboxylic acids is 1. The van der Waals surface area contributed by atoms with E-state index in [9.17, 15) is 24.3 Å². The number of ether oxygens (including phenoxy) is 2. The topological polar surface area (TPSA) is 150 Å². The van der Waals surface area contributed by atoms with Crippen molar-refractivity contribution < 1.29 is 33.8 Å². The fraction of sp³-hybridized carbons (Fsp3) is 0.516. The lowest BCUT2D eigenvalue weighted by Gasteiger charge is -2.36. The molecule has 3 N–H and O–H groups in total. The summed E-state index contributed by atoms with van der Waals surface area (Å²) in [5, 5.41) is 15.2. The summed E-state index contributed by atoms with van der Waals surface area (Å²) >= 11 is 0. The van der Waals surface area contributed by atoms with Crippen LogP contribution >= 0.6 is 0 Å². The smallest absolute Gasteiger partial charge is 0.409 e. The maximum atomic E-state index is 13.5. The van der Waals surface area contributed by atoms with Crippen molar-refractivity contribution in [3.63, 3.8) is 0 Å². The molecule has 1 aliphatic heterocycles. The first-order valence-electron chi connectivity index (χ1n) is 14.9. The molecule has 12 nitrogen and oxygen atoms in total. The lowest BCUT2D eigenvalue weighted by atomic mass is 10.1. The summed E-state index contributed by atoms with van der Waals surface area (Å²) in [4.78, 5) is 58.4. The zero-order valence-electron chi connectivity index (χ0n) is 25.0. The molecule has 0 aliphatic carbocycles. The summed E-state index contributed by atoms with van der Waals surface area (Å²) in [7, 11) is 1.60. The number of amides is 3. The van der Waals surface area contributed by atoms with E-state index < -0.39 is 29.9 Å². The molecule has 0 radical (unpaired) electrons. The Morgan fingerprint density at radius 3 is 2.37 bits per heavy atom. The Kier molecular flexibility index (Phi) is 13.7. The fourth-order valence-electron chi connectivity index (χ4n) is 4.67. The molecule has 0 saturated carbocycles. The predicted octanol–water partition coefficient (Wildman–Crippen LogP) is 3.63. The van der Waals surface area contributed by atoms with Gasteiger partial charge in [0.1, 0.15) is 11.7 Å². The van der Waals surface area contributed by atoms with Crippen LogP contribution in [0.5, 0.6) is 0 Å². The number of rotatable bonds is 16. The Morgan fingerprint density at radius 2 is 1.70 bits per heavy atom. The van der Waals surface area contributed by atoms with Gasteiger partial charge < -0.3 is 35.0 Å². The quantitative estimate of drug-likeness (QED) is 0.247. The highest BCUT2D eigenvalue weighted by molar-refractivity contribution is 5.97. The summed E-state index contributed by atoms with van der Waals surface area (Å²) < 4.78 is 10.5. The lowest BCUT2D eigenvalue weighted by Crippen LogP contribution is -2.56. The van der Waals surface area contributed by atoms with Gasteiger partial charge in [-0.3, -0.25) is 14.4 Å². The van der Waals surface area contributed by atoms with Crippen molar-refractivity contribution in [2.24, 2.45) is 0 Å². The Bertz CT molecular complexity index is 1200. The Balaban J connectivity index is 1.69.